The van der Waals surface area contributed by atoms with Crippen molar-refractivity contribution in [3.05, 3.63) is 53.9 Å². The molecule has 21 heteroatoms. The average molecular weight is 735 g/mol. The van der Waals surface area contributed by atoms with Crippen molar-refractivity contribution in [2.45, 2.75) is 75.5 Å². The van der Waals surface area contributed by atoms with Crippen LogP contribution in [0, 0.1) is 5.82 Å². The second kappa shape index (κ2) is 21.0. The lowest BCUT2D eigenvalue weighted by Crippen LogP contribution is -2.58. The van der Waals surface area contributed by atoms with E-state index in [0.717, 1.165) is 12.1 Å². The Morgan fingerprint density at radius 1 is 0.712 bits per heavy atom. The first-order valence-electron chi connectivity index (χ1n) is 15.7. The number of carboxylic acid groups (broad SMARTS) is 3. The topological polar surface area (TPSA) is 329 Å². The monoisotopic (exact) mass is 734 g/mol. The van der Waals surface area contributed by atoms with Crippen molar-refractivity contribution in [3.63, 3.8) is 0 Å². The van der Waals surface area contributed by atoms with Gasteiger partial charge in [-0.05, 0) is 30.5 Å². The number of halogens is 1. The van der Waals surface area contributed by atoms with Crippen LogP contribution in [0.25, 0.3) is 0 Å². The number of hydrogen-bond donors (Lipinski definition) is 10. The summed E-state index contributed by atoms with van der Waals surface area (Å²) in [6, 6.07) is -0.844. The number of carbonyl (C=O) groups excluding carboxylic acids is 6. The molecule has 6 amide bonds. The Bertz CT molecular complexity index is 1620. The van der Waals surface area contributed by atoms with E-state index in [2.05, 4.69) is 36.6 Å². The number of H-pyrrole nitrogens is 1. The zero-order chi connectivity index (χ0) is 38.8. The highest BCUT2D eigenvalue weighted by Gasteiger charge is 2.31. The Balaban J connectivity index is 2.25. The Hall–Kier alpha value is -6.41. The molecule has 2 aromatic rings. The maximum atomic E-state index is 14.0. The Morgan fingerprint density at radius 2 is 1.29 bits per heavy atom. The maximum Gasteiger partial charge on any atom is 0.303 e. The minimum Gasteiger partial charge on any atom is -0.481 e. The van der Waals surface area contributed by atoms with Crippen LogP contribution in [0.15, 0.2) is 36.8 Å². The molecule has 20 nitrogen and oxygen atoms in total. The number of amides is 6. The van der Waals surface area contributed by atoms with Crippen LogP contribution in [0.2, 0.25) is 0 Å². The van der Waals surface area contributed by atoms with Crippen LogP contribution in [0.1, 0.15) is 49.8 Å². The van der Waals surface area contributed by atoms with Gasteiger partial charge in [-0.1, -0.05) is 12.1 Å². The number of carboxylic acids is 3. The summed E-state index contributed by atoms with van der Waals surface area (Å²) in [4.78, 5) is 116. The van der Waals surface area contributed by atoms with E-state index in [4.69, 9.17) is 21.1 Å². The minimum atomic E-state index is -1.52. The normalized spacial score (nSPS) is 12.9. The SMILES string of the molecule is NC(=O)[C@H](CCC(=O)O)NC(=O)[C@H](Cc1c[nH]cn1)NC(=O)[C@H](Cc1cccc(F)c1)NC(=O)CNC(=O)[C@H](CCC(=O)O)NC(=O)CCC(=O)O. The third-order valence-corrected chi connectivity index (χ3v) is 7.18. The molecule has 0 bridgehead atoms. The molecule has 2 rings (SSSR count). The van der Waals surface area contributed by atoms with E-state index in [9.17, 15) is 47.5 Å². The summed E-state index contributed by atoms with van der Waals surface area (Å²) in [7, 11) is 0. The first-order valence-corrected chi connectivity index (χ1v) is 15.7. The molecule has 0 unspecified atom stereocenters. The smallest absolute Gasteiger partial charge is 0.303 e. The van der Waals surface area contributed by atoms with E-state index in [-0.39, 0.29) is 30.5 Å². The number of aromatic nitrogens is 2. The van der Waals surface area contributed by atoms with E-state index >= 15 is 0 Å². The summed E-state index contributed by atoms with van der Waals surface area (Å²) in [6.45, 7) is -0.804. The Morgan fingerprint density at radius 3 is 1.85 bits per heavy atom. The van der Waals surface area contributed by atoms with E-state index < -0.39 is 122 Å². The van der Waals surface area contributed by atoms with Gasteiger partial charge in [-0.3, -0.25) is 43.2 Å². The van der Waals surface area contributed by atoms with Gasteiger partial charge in [0.05, 0.1) is 25.0 Å². The van der Waals surface area contributed by atoms with Crippen molar-refractivity contribution in [2.24, 2.45) is 5.73 Å². The fourth-order valence-electron chi connectivity index (χ4n) is 4.59. The number of carbonyl (C=O) groups is 9. The van der Waals surface area contributed by atoms with Gasteiger partial charge >= 0.3 is 17.9 Å². The third-order valence-electron chi connectivity index (χ3n) is 7.18. The van der Waals surface area contributed by atoms with Crippen molar-refractivity contribution in [1.29, 1.82) is 0 Å². The van der Waals surface area contributed by atoms with Gasteiger partial charge in [0, 0.05) is 38.3 Å². The summed E-state index contributed by atoms with van der Waals surface area (Å²) in [6.07, 6.45) is -0.778. The fourth-order valence-corrected chi connectivity index (χ4v) is 4.59. The molecule has 52 heavy (non-hydrogen) atoms. The molecule has 0 radical (unpaired) electrons. The molecule has 0 saturated heterocycles. The van der Waals surface area contributed by atoms with E-state index in [1.807, 2.05) is 0 Å². The molecule has 1 aromatic heterocycles. The van der Waals surface area contributed by atoms with Crippen LogP contribution in [-0.4, -0.2) is 109 Å². The van der Waals surface area contributed by atoms with Crippen LogP contribution in [0.5, 0.6) is 0 Å². The van der Waals surface area contributed by atoms with Gasteiger partial charge in [0.1, 0.15) is 30.0 Å². The molecule has 0 spiro atoms. The third kappa shape index (κ3) is 15.9. The number of rotatable bonds is 23. The molecular weight excluding hydrogens is 695 g/mol. The number of aliphatic carboxylic acids is 3. The molecule has 0 aliphatic carbocycles. The van der Waals surface area contributed by atoms with Gasteiger partial charge in [0.15, 0.2) is 0 Å². The van der Waals surface area contributed by atoms with Crippen molar-refractivity contribution in [3.8, 4) is 0 Å². The van der Waals surface area contributed by atoms with Crippen LogP contribution in [-0.2, 0) is 56.0 Å². The molecule has 0 aliphatic heterocycles. The number of benzene rings is 1. The summed E-state index contributed by atoms with van der Waals surface area (Å²) in [5.41, 5.74) is 5.84. The lowest BCUT2D eigenvalue weighted by Gasteiger charge is -2.25. The predicted octanol–water partition coefficient (Wildman–Crippen LogP) is -2.53. The zero-order valence-corrected chi connectivity index (χ0v) is 27.6. The Labute approximate surface area is 294 Å². The number of nitrogens with two attached hydrogens (primary N) is 1. The zero-order valence-electron chi connectivity index (χ0n) is 27.6. The van der Waals surface area contributed by atoms with Crippen LogP contribution < -0.4 is 32.3 Å². The fraction of sp³-hybridized carbons (Fsp3) is 0.419. The first kappa shape index (κ1) is 41.8. The van der Waals surface area contributed by atoms with Gasteiger partial charge in [-0.2, -0.15) is 0 Å². The quantitative estimate of drug-likeness (QED) is 0.0564. The molecular formula is C31H39FN8O12. The molecule has 11 N–H and O–H groups in total. The van der Waals surface area contributed by atoms with E-state index in [1.165, 1.54) is 24.7 Å². The van der Waals surface area contributed by atoms with Gasteiger partial charge < -0.3 is 52.6 Å². The van der Waals surface area contributed by atoms with Gasteiger partial charge in [0.25, 0.3) is 0 Å². The number of primary amides is 1. The highest BCUT2D eigenvalue weighted by Crippen LogP contribution is 2.09. The molecule has 1 aromatic carbocycles. The highest BCUT2D eigenvalue weighted by atomic mass is 19.1. The van der Waals surface area contributed by atoms with Crippen molar-refractivity contribution >= 4 is 53.4 Å². The summed E-state index contributed by atoms with van der Waals surface area (Å²) >= 11 is 0. The predicted molar refractivity (Wildman–Crippen MR) is 173 cm³/mol. The van der Waals surface area contributed by atoms with Crippen LogP contribution in [0.3, 0.4) is 0 Å². The molecule has 0 aliphatic rings. The number of nitrogens with one attached hydrogen (secondary N) is 6. The molecule has 282 valence electrons. The van der Waals surface area contributed by atoms with Crippen LogP contribution in [0.4, 0.5) is 4.39 Å². The van der Waals surface area contributed by atoms with Crippen LogP contribution >= 0.6 is 0 Å². The largest absolute Gasteiger partial charge is 0.481 e. The minimum absolute atomic E-state index is 0.234. The van der Waals surface area contributed by atoms with Crippen molar-refractivity contribution in [1.82, 2.24) is 36.6 Å². The lowest BCUT2D eigenvalue weighted by atomic mass is 10.0. The summed E-state index contributed by atoms with van der Waals surface area (Å²) < 4.78 is 14.0. The maximum absolute atomic E-state index is 14.0. The second-order valence-electron chi connectivity index (χ2n) is 11.3. The van der Waals surface area contributed by atoms with Gasteiger partial charge in [-0.25, -0.2) is 9.37 Å². The highest BCUT2D eigenvalue weighted by molar-refractivity contribution is 5.95. The van der Waals surface area contributed by atoms with Gasteiger partial charge in [-0.15, -0.1) is 0 Å². The molecule has 0 saturated carbocycles. The second-order valence-corrected chi connectivity index (χ2v) is 11.3. The molecule has 0 fully saturated rings. The van der Waals surface area contributed by atoms with Crippen molar-refractivity contribution < 1.29 is 62.9 Å². The standard InChI is InChI=1S/C31H39FN8O12/c32-17-3-1-2-16(10-17)11-21(38-24(42)14-35-29(50)20(5-8-26(45)46)37-23(41)6-9-27(47)48)30(51)40-22(12-18-13-34-15-36-18)31(52)39-19(28(33)49)4-7-25(43)44/h1-3,10,13,15,19-22H,4-9,11-12,14H2,(H2,33,49)(H,34,36)(H,35,50)(H,37,41)(H,38,42)(H,39,52)(H,40,51)(H,43,44)(H,45,46)(H,47,48)/t19-,20-,21-,22-/m0/s1. The summed E-state index contributed by atoms with van der Waals surface area (Å²) in [5, 5.41) is 38.3. The van der Waals surface area contributed by atoms with Crippen molar-refractivity contribution in [2.75, 3.05) is 6.54 Å². The first-order chi connectivity index (χ1) is 24.5. The Kier molecular flexibility index (Phi) is 16.8. The molecule has 4 atom stereocenters. The van der Waals surface area contributed by atoms with E-state index in [0.29, 0.717) is 0 Å². The lowest BCUT2D eigenvalue weighted by molar-refractivity contribution is -0.139. The number of aromatic amines is 1. The number of hydrogen-bond acceptors (Lipinski definition) is 10. The van der Waals surface area contributed by atoms with Gasteiger partial charge in [0.2, 0.25) is 35.4 Å². The number of nitrogens with zero attached hydrogens (tertiary/aromatic N) is 1. The summed E-state index contributed by atoms with van der Waals surface area (Å²) in [5.74, 6) is -10.3. The van der Waals surface area contributed by atoms with E-state index in [1.54, 1.807) is 0 Å². The molecule has 1 heterocycles. The average Bonchev–Trinajstić information content (AvgIpc) is 3.58. The number of imidazole rings is 1.